The summed E-state index contributed by atoms with van der Waals surface area (Å²) in [4.78, 5) is 28.0. The van der Waals surface area contributed by atoms with Gasteiger partial charge < -0.3 is 9.72 Å². The number of nitrogens with one attached hydrogen (secondary N) is 1. The van der Waals surface area contributed by atoms with Gasteiger partial charge in [0.25, 0.3) is 0 Å². The van der Waals surface area contributed by atoms with E-state index < -0.39 is 5.97 Å². The molecule has 2 aromatic carbocycles. The van der Waals surface area contributed by atoms with E-state index in [1.807, 2.05) is 18.2 Å². The van der Waals surface area contributed by atoms with E-state index in [1.54, 1.807) is 30.5 Å². The Balaban J connectivity index is 1.45. The maximum absolute atomic E-state index is 12.6. The summed E-state index contributed by atoms with van der Waals surface area (Å²) in [7, 11) is 0. The number of H-pyrrole nitrogens is 1. The van der Waals surface area contributed by atoms with E-state index in [4.69, 9.17) is 16.3 Å². The van der Waals surface area contributed by atoms with Crippen molar-refractivity contribution in [3.05, 3.63) is 76.7 Å². The van der Waals surface area contributed by atoms with Crippen molar-refractivity contribution in [2.24, 2.45) is 0 Å². The molecule has 0 radical (unpaired) electrons. The molecule has 0 bridgehead atoms. The van der Waals surface area contributed by atoms with Crippen molar-refractivity contribution < 1.29 is 14.3 Å². The Hall–Kier alpha value is -3.45. The van der Waals surface area contributed by atoms with Gasteiger partial charge in [-0.05, 0) is 36.2 Å². The first-order chi connectivity index (χ1) is 14.1. The molecule has 0 atom stereocenters. The second-order valence-electron chi connectivity index (χ2n) is 6.42. The van der Waals surface area contributed by atoms with Gasteiger partial charge in [0.05, 0.1) is 11.9 Å². The average Bonchev–Trinajstić information content (AvgIpc) is 3.39. The van der Waals surface area contributed by atoms with Crippen LogP contribution in [0.2, 0.25) is 5.02 Å². The van der Waals surface area contributed by atoms with Crippen LogP contribution >= 0.6 is 11.6 Å². The first kappa shape index (κ1) is 18.9. The zero-order valence-corrected chi connectivity index (χ0v) is 16.3. The van der Waals surface area contributed by atoms with Gasteiger partial charge in [-0.25, -0.2) is 9.48 Å². The highest BCUT2D eigenvalue weighted by Crippen LogP contribution is 2.22. The smallest absolute Gasteiger partial charge is 0.361 e. The van der Waals surface area contributed by atoms with Gasteiger partial charge in [-0.3, -0.25) is 4.79 Å². The number of carbonyl (C=O) groups excluding carboxylic acids is 2. The molecule has 0 aliphatic heterocycles. The summed E-state index contributed by atoms with van der Waals surface area (Å²) < 4.78 is 6.58. The fraction of sp³-hybridized carbons (Fsp3) is 0.143. The molecule has 2 aromatic heterocycles. The van der Waals surface area contributed by atoms with Crippen LogP contribution in [0.15, 0.2) is 54.9 Å². The molecule has 0 fully saturated rings. The fourth-order valence-electron chi connectivity index (χ4n) is 3.10. The zero-order chi connectivity index (χ0) is 20.4. The first-order valence-electron chi connectivity index (χ1n) is 9.04. The van der Waals surface area contributed by atoms with Crippen molar-refractivity contribution in [1.29, 1.82) is 0 Å². The number of benzene rings is 2. The van der Waals surface area contributed by atoms with Crippen LogP contribution in [0, 0.1) is 0 Å². The molecule has 0 unspecified atom stereocenters. The van der Waals surface area contributed by atoms with Crippen molar-refractivity contribution in [3.8, 4) is 5.69 Å². The Morgan fingerprint density at radius 3 is 2.72 bits per heavy atom. The lowest BCUT2D eigenvalue weighted by Crippen LogP contribution is -2.14. The molecule has 2 heterocycles. The van der Waals surface area contributed by atoms with E-state index >= 15 is 0 Å². The van der Waals surface area contributed by atoms with Crippen LogP contribution in [0.3, 0.4) is 0 Å². The van der Waals surface area contributed by atoms with Gasteiger partial charge in [0.2, 0.25) is 5.78 Å². The average molecular weight is 409 g/mol. The van der Waals surface area contributed by atoms with Crippen molar-refractivity contribution in [1.82, 2.24) is 20.0 Å². The first-order valence-corrected chi connectivity index (χ1v) is 9.42. The third-order valence-corrected chi connectivity index (χ3v) is 4.86. The normalized spacial score (nSPS) is 11.0. The molecule has 1 N–H and O–H groups in total. The predicted octanol–water partition coefficient (Wildman–Crippen LogP) is 4.00. The van der Waals surface area contributed by atoms with Crippen LogP contribution < -0.4 is 0 Å². The number of hydrogen-bond donors (Lipinski definition) is 1. The molecule has 29 heavy (non-hydrogen) atoms. The number of Topliss-reactive ketones (excluding diaryl/α,β-unsaturated/α-hetero) is 1. The van der Waals surface area contributed by atoms with Gasteiger partial charge in [0.1, 0.15) is 0 Å². The minimum Gasteiger partial charge on any atom is -0.452 e. The lowest BCUT2D eigenvalue weighted by Gasteiger charge is -2.03. The van der Waals surface area contributed by atoms with Crippen LogP contribution in [0.5, 0.6) is 0 Å². The Morgan fingerprint density at radius 2 is 1.97 bits per heavy atom. The van der Waals surface area contributed by atoms with E-state index in [9.17, 15) is 9.59 Å². The van der Waals surface area contributed by atoms with Gasteiger partial charge in [-0.2, -0.15) is 0 Å². The second kappa shape index (κ2) is 7.89. The van der Waals surface area contributed by atoms with Crippen LogP contribution in [0.25, 0.3) is 16.6 Å². The number of hydrogen-bond acceptors (Lipinski definition) is 5. The number of nitrogens with zero attached hydrogens (tertiary/aromatic N) is 3. The Morgan fingerprint density at radius 1 is 1.17 bits per heavy atom. The fourth-order valence-corrected chi connectivity index (χ4v) is 3.23. The molecule has 4 aromatic rings. The molecule has 8 heteroatoms. The number of carbonyl (C=O) groups is 2. The number of rotatable bonds is 6. The molecule has 0 aliphatic carbocycles. The van der Waals surface area contributed by atoms with Gasteiger partial charge in [-0.15, -0.1) is 5.10 Å². The van der Waals surface area contributed by atoms with Gasteiger partial charge in [0, 0.05) is 27.7 Å². The van der Waals surface area contributed by atoms with Gasteiger partial charge in [-0.1, -0.05) is 41.9 Å². The summed E-state index contributed by atoms with van der Waals surface area (Å²) in [6.45, 7) is 1.67. The molecule has 7 nitrogen and oxygen atoms in total. The second-order valence-corrected chi connectivity index (χ2v) is 6.86. The third-order valence-electron chi connectivity index (χ3n) is 4.61. The topological polar surface area (TPSA) is 89.9 Å². The quantitative estimate of drug-likeness (QED) is 0.384. The number of esters is 1. The van der Waals surface area contributed by atoms with E-state index in [0.717, 1.165) is 22.9 Å². The summed E-state index contributed by atoms with van der Waals surface area (Å²) in [5, 5.41) is 9.13. The van der Waals surface area contributed by atoms with E-state index in [1.165, 1.54) is 10.9 Å². The van der Waals surface area contributed by atoms with Crippen LogP contribution in [0.4, 0.5) is 0 Å². The number of aryl methyl sites for hydroxylation is 1. The molecule has 0 amide bonds. The van der Waals surface area contributed by atoms with Crippen LogP contribution in [0.1, 0.15) is 33.3 Å². The minimum absolute atomic E-state index is 0.0138. The number of ketones is 1. The number of fused-ring (bicyclic) bond motifs is 1. The third kappa shape index (κ3) is 3.77. The van der Waals surface area contributed by atoms with E-state index in [2.05, 4.69) is 22.2 Å². The highest BCUT2D eigenvalue weighted by Gasteiger charge is 2.18. The molecular weight excluding hydrogens is 392 g/mol. The molecule has 0 saturated heterocycles. The molecule has 0 spiro atoms. The van der Waals surface area contributed by atoms with Crippen molar-refractivity contribution in [2.45, 2.75) is 13.3 Å². The van der Waals surface area contributed by atoms with Crippen molar-refractivity contribution in [3.63, 3.8) is 0 Å². The standard InChI is InChI=1S/C21H17ClN4O3/c1-2-13-4-3-5-16-17(10-23-20(13)16)19(27)12-29-21(28)18-11-26(25-24-18)15-8-6-14(22)7-9-15/h3-11,23H,2,12H2,1H3. The van der Waals surface area contributed by atoms with E-state index in [-0.39, 0.29) is 18.1 Å². The molecular formula is C21H17ClN4O3. The van der Waals surface area contributed by atoms with Crippen molar-refractivity contribution >= 4 is 34.3 Å². The number of halogens is 1. The lowest BCUT2D eigenvalue weighted by molar-refractivity contribution is 0.0469. The Bertz CT molecular complexity index is 1190. The molecule has 0 saturated carbocycles. The summed E-state index contributed by atoms with van der Waals surface area (Å²) in [5.41, 5.74) is 3.25. The monoisotopic (exact) mass is 408 g/mol. The summed E-state index contributed by atoms with van der Waals surface area (Å²) in [5.74, 6) is -1.00. The number of aromatic nitrogens is 4. The van der Waals surface area contributed by atoms with Crippen LogP contribution in [-0.2, 0) is 11.2 Å². The SMILES string of the molecule is CCc1cccc2c(C(=O)COC(=O)c3cn(-c4ccc(Cl)cc4)nn3)c[nH]c12. The van der Waals surface area contributed by atoms with E-state index in [0.29, 0.717) is 16.3 Å². The maximum atomic E-state index is 12.6. The maximum Gasteiger partial charge on any atom is 0.361 e. The molecule has 146 valence electrons. The predicted molar refractivity (Wildman–Crippen MR) is 109 cm³/mol. The highest BCUT2D eigenvalue weighted by atomic mass is 35.5. The number of aromatic amines is 1. The van der Waals surface area contributed by atoms with Crippen molar-refractivity contribution in [2.75, 3.05) is 6.61 Å². The minimum atomic E-state index is -0.715. The molecule has 4 rings (SSSR count). The Labute approximate surface area is 171 Å². The summed E-state index contributed by atoms with van der Waals surface area (Å²) in [6, 6.07) is 12.7. The van der Waals surface area contributed by atoms with Crippen LogP contribution in [-0.4, -0.2) is 38.3 Å². The number of para-hydroxylation sites is 1. The summed E-state index contributed by atoms with van der Waals surface area (Å²) >= 11 is 5.87. The Kier molecular flexibility index (Phi) is 5.14. The lowest BCUT2D eigenvalue weighted by atomic mass is 10.1. The summed E-state index contributed by atoms with van der Waals surface area (Å²) in [6.07, 6.45) is 3.94. The van der Waals surface area contributed by atoms with Gasteiger partial charge >= 0.3 is 5.97 Å². The van der Waals surface area contributed by atoms with Gasteiger partial charge in [0.15, 0.2) is 12.3 Å². The zero-order valence-electron chi connectivity index (χ0n) is 15.6. The number of ether oxygens (including phenoxy) is 1. The molecule has 0 aliphatic rings. The largest absolute Gasteiger partial charge is 0.452 e. The highest BCUT2D eigenvalue weighted by molar-refractivity contribution is 6.30.